The van der Waals surface area contributed by atoms with Crippen molar-refractivity contribution in [2.45, 2.75) is 56.9 Å². The average Bonchev–Trinajstić information content (AvgIpc) is 2.47. The first-order valence-corrected chi connectivity index (χ1v) is 8.17. The molecule has 2 fully saturated rings. The van der Waals surface area contributed by atoms with Crippen molar-refractivity contribution in [2.24, 2.45) is 5.92 Å². The van der Waals surface area contributed by atoms with Gasteiger partial charge in [0.25, 0.3) is 0 Å². The molecule has 0 spiro atoms. The van der Waals surface area contributed by atoms with E-state index in [1.807, 2.05) is 12.1 Å². The highest BCUT2D eigenvalue weighted by Gasteiger charge is 2.48. The summed E-state index contributed by atoms with van der Waals surface area (Å²) in [5.74, 6) is 1.18. The first kappa shape index (κ1) is 13.9. The van der Waals surface area contributed by atoms with E-state index in [-0.39, 0.29) is 0 Å². The van der Waals surface area contributed by atoms with Gasteiger partial charge in [0.1, 0.15) is 5.75 Å². The molecule has 1 aliphatic heterocycles. The first-order valence-electron chi connectivity index (χ1n) is 8.17. The van der Waals surface area contributed by atoms with Gasteiger partial charge in [-0.1, -0.05) is 31.9 Å². The molecule has 0 aromatic heterocycles. The van der Waals surface area contributed by atoms with Crippen molar-refractivity contribution in [1.82, 2.24) is 4.90 Å². The third-order valence-corrected chi connectivity index (χ3v) is 5.88. The summed E-state index contributed by atoms with van der Waals surface area (Å²) in [4.78, 5) is 2.57. The minimum absolute atomic E-state index is 0.310. The summed E-state index contributed by atoms with van der Waals surface area (Å²) in [7, 11) is 2.29. The molecule has 2 heteroatoms. The number of phenolic OH excluding ortho intramolecular Hbond substituents is 1. The highest BCUT2D eigenvalue weighted by molar-refractivity contribution is 5.35. The Labute approximate surface area is 122 Å². The Kier molecular flexibility index (Phi) is 3.76. The van der Waals surface area contributed by atoms with Crippen LogP contribution in [-0.2, 0) is 5.41 Å². The van der Waals surface area contributed by atoms with Crippen molar-refractivity contribution in [1.29, 1.82) is 0 Å². The van der Waals surface area contributed by atoms with Gasteiger partial charge in [-0.2, -0.15) is 0 Å². The molecule has 110 valence electrons. The van der Waals surface area contributed by atoms with E-state index in [1.165, 1.54) is 50.6 Å². The van der Waals surface area contributed by atoms with Crippen molar-refractivity contribution in [3.05, 3.63) is 29.8 Å². The van der Waals surface area contributed by atoms with Crippen LogP contribution in [0.2, 0.25) is 0 Å². The van der Waals surface area contributed by atoms with E-state index in [0.29, 0.717) is 17.2 Å². The lowest BCUT2D eigenvalue weighted by Gasteiger charge is -2.55. The van der Waals surface area contributed by atoms with E-state index in [4.69, 9.17) is 0 Å². The lowest BCUT2D eigenvalue weighted by Crippen LogP contribution is -2.55. The molecule has 1 aromatic carbocycles. The molecule has 3 rings (SSSR count). The minimum Gasteiger partial charge on any atom is -0.508 e. The number of nitrogens with zero attached hydrogens (tertiary/aromatic N) is 1. The standard InChI is InChI=1S/C18H27NO/c1-3-17-16-9-4-5-10-18(16,11-12-19(17)2)14-7-6-8-15(20)13-14/h6-8,13,16-17,20H,3-5,9-12H2,1-2H3/t16-,17+,18-/m0/s1. The number of hydrogen-bond donors (Lipinski definition) is 1. The first-order chi connectivity index (χ1) is 9.67. The number of aromatic hydroxyl groups is 1. The van der Waals surface area contributed by atoms with Crippen LogP contribution in [0.25, 0.3) is 0 Å². The molecule has 1 heterocycles. The van der Waals surface area contributed by atoms with E-state index < -0.39 is 0 Å². The maximum Gasteiger partial charge on any atom is 0.115 e. The number of fused-ring (bicyclic) bond motifs is 1. The summed E-state index contributed by atoms with van der Waals surface area (Å²) in [6.07, 6.45) is 7.84. The van der Waals surface area contributed by atoms with Crippen LogP contribution in [0.3, 0.4) is 0 Å². The Morgan fingerprint density at radius 3 is 2.90 bits per heavy atom. The number of hydrogen-bond acceptors (Lipinski definition) is 2. The molecule has 1 aromatic rings. The van der Waals surface area contributed by atoms with Gasteiger partial charge < -0.3 is 10.0 Å². The van der Waals surface area contributed by atoms with Crippen molar-refractivity contribution >= 4 is 0 Å². The third-order valence-electron chi connectivity index (χ3n) is 5.88. The van der Waals surface area contributed by atoms with Gasteiger partial charge in [-0.15, -0.1) is 0 Å². The fraction of sp³-hybridized carbons (Fsp3) is 0.667. The second-order valence-electron chi connectivity index (χ2n) is 6.76. The molecule has 0 radical (unpaired) electrons. The van der Waals surface area contributed by atoms with Crippen LogP contribution in [0.15, 0.2) is 24.3 Å². The Bertz CT molecular complexity index is 472. The van der Waals surface area contributed by atoms with Gasteiger partial charge in [-0.25, -0.2) is 0 Å². The van der Waals surface area contributed by atoms with Gasteiger partial charge in [0.05, 0.1) is 0 Å². The second-order valence-corrected chi connectivity index (χ2v) is 6.76. The number of rotatable bonds is 2. The lowest BCUT2D eigenvalue weighted by molar-refractivity contribution is 0.0123. The predicted molar refractivity (Wildman–Crippen MR) is 83.1 cm³/mol. The van der Waals surface area contributed by atoms with Crippen molar-refractivity contribution in [2.75, 3.05) is 13.6 Å². The summed E-state index contributed by atoms with van der Waals surface area (Å²) < 4.78 is 0. The second kappa shape index (κ2) is 5.40. The smallest absolute Gasteiger partial charge is 0.115 e. The van der Waals surface area contributed by atoms with E-state index in [9.17, 15) is 5.11 Å². The van der Waals surface area contributed by atoms with Gasteiger partial charge in [0.15, 0.2) is 0 Å². The Balaban J connectivity index is 2.03. The predicted octanol–water partition coefficient (Wildman–Crippen LogP) is 3.93. The molecule has 1 aliphatic carbocycles. The third kappa shape index (κ3) is 2.14. The summed E-state index contributed by atoms with van der Waals surface area (Å²) in [5, 5.41) is 9.90. The molecule has 20 heavy (non-hydrogen) atoms. The zero-order chi connectivity index (χ0) is 14.2. The van der Waals surface area contributed by atoms with Gasteiger partial charge in [0, 0.05) is 11.5 Å². The molecular weight excluding hydrogens is 246 g/mol. The van der Waals surface area contributed by atoms with Crippen LogP contribution in [0.1, 0.15) is 51.0 Å². The molecular formula is C18H27NO. The fourth-order valence-corrected chi connectivity index (χ4v) is 4.90. The number of phenols is 1. The Morgan fingerprint density at radius 1 is 1.30 bits per heavy atom. The Hall–Kier alpha value is -1.02. The summed E-state index contributed by atoms with van der Waals surface area (Å²) in [6, 6.07) is 8.78. The van der Waals surface area contributed by atoms with Gasteiger partial charge in [-0.05, 0) is 62.9 Å². The largest absolute Gasteiger partial charge is 0.508 e. The van der Waals surface area contributed by atoms with Crippen LogP contribution in [0.4, 0.5) is 0 Å². The van der Waals surface area contributed by atoms with Crippen LogP contribution >= 0.6 is 0 Å². The monoisotopic (exact) mass is 273 g/mol. The highest BCUT2D eigenvalue weighted by atomic mass is 16.3. The summed E-state index contributed by atoms with van der Waals surface area (Å²) in [5.41, 5.74) is 1.69. The van der Waals surface area contributed by atoms with Crippen LogP contribution in [0, 0.1) is 5.92 Å². The number of piperidine rings is 1. The molecule has 1 saturated heterocycles. The van der Waals surface area contributed by atoms with Crippen molar-refractivity contribution in [3.8, 4) is 5.75 Å². The van der Waals surface area contributed by atoms with Crippen molar-refractivity contribution < 1.29 is 5.11 Å². The topological polar surface area (TPSA) is 23.5 Å². The maximum absolute atomic E-state index is 9.90. The highest BCUT2D eigenvalue weighted by Crippen LogP contribution is 2.52. The van der Waals surface area contributed by atoms with E-state index in [0.717, 1.165) is 5.92 Å². The molecule has 2 aliphatic rings. The van der Waals surface area contributed by atoms with Gasteiger partial charge >= 0.3 is 0 Å². The molecule has 0 amide bonds. The van der Waals surface area contributed by atoms with Gasteiger partial charge in [0.2, 0.25) is 0 Å². The molecule has 1 N–H and O–H groups in total. The van der Waals surface area contributed by atoms with E-state index in [1.54, 1.807) is 6.07 Å². The van der Waals surface area contributed by atoms with Crippen LogP contribution < -0.4 is 0 Å². The van der Waals surface area contributed by atoms with E-state index in [2.05, 4.69) is 24.9 Å². The van der Waals surface area contributed by atoms with Crippen LogP contribution in [-0.4, -0.2) is 29.6 Å². The normalized spacial score (nSPS) is 34.7. The minimum atomic E-state index is 0.310. The molecule has 3 atom stereocenters. The number of likely N-dealkylation sites (tertiary alicyclic amines) is 1. The molecule has 1 saturated carbocycles. The van der Waals surface area contributed by atoms with Crippen LogP contribution in [0.5, 0.6) is 5.75 Å². The fourth-order valence-electron chi connectivity index (χ4n) is 4.90. The lowest BCUT2D eigenvalue weighted by atomic mass is 9.56. The quantitative estimate of drug-likeness (QED) is 0.882. The molecule has 0 unspecified atom stereocenters. The SMILES string of the molecule is CC[C@@H]1[C@@H]2CCCC[C@@]2(c2cccc(O)c2)CCN1C. The average molecular weight is 273 g/mol. The maximum atomic E-state index is 9.90. The molecule has 2 nitrogen and oxygen atoms in total. The van der Waals surface area contributed by atoms with Gasteiger partial charge in [-0.3, -0.25) is 0 Å². The summed E-state index contributed by atoms with van der Waals surface area (Å²) >= 11 is 0. The summed E-state index contributed by atoms with van der Waals surface area (Å²) in [6.45, 7) is 3.51. The molecule has 0 bridgehead atoms. The van der Waals surface area contributed by atoms with Crippen molar-refractivity contribution in [3.63, 3.8) is 0 Å². The Morgan fingerprint density at radius 2 is 2.15 bits per heavy atom. The number of benzene rings is 1. The van der Waals surface area contributed by atoms with E-state index >= 15 is 0 Å². The zero-order valence-corrected chi connectivity index (χ0v) is 12.8. The zero-order valence-electron chi connectivity index (χ0n) is 12.8.